The minimum Gasteiger partial charge on any atom is -0.497 e. The summed E-state index contributed by atoms with van der Waals surface area (Å²) in [6.45, 7) is 1.80. The fourth-order valence-corrected chi connectivity index (χ4v) is 2.65. The number of carbonyl (C=O) groups is 1. The summed E-state index contributed by atoms with van der Waals surface area (Å²) in [4.78, 5) is 29.0. The Morgan fingerprint density at radius 3 is 2.84 bits per heavy atom. The van der Waals surface area contributed by atoms with Gasteiger partial charge in [-0.2, -0.15) is 0 Å². The molecule has 0 aliphatic carbocycles. The van der Waals surface area contributed by atoms with E-state index in [9.17, 15) is 9.59 Å². The van der Waals surface area contributed by atoms with Crippen molar-refractivity contribution < 1.29 is 9.53 Å². The van der Waals surface area contributed by atoms with Crippen LogP contribution in [0, 0.1) is 0 Å². The first kappa shape index (κ1) is 16.7. The van der Waals surface area contributed by atoms with Gasteiger partial charge < -0.3 is 10.1 Å². The second kappa shape index (κ2) is 7.17. The molecule has 0 radical (unpaired) electrons. The van der Waals surface area contributed by atoms with Gasteiger partial charge in [-0.05, 0) is 36.8 Å². The van der Waals surface area contributed by atoms with Crippen LogP contribution in [0.4, 0.5) is 0 Å². The lowest BCUT2D eigenvalue weighted by Crippen LogP contribution is -2.34. The second-order valence-electron chi connectivity index (χ2n) is 5.76. The average Bonchev–Trinajstić information content (AvgIpc) is 2.64. The van der Waals surface area contributed by atoms with E-state index in [4.69, 9.17) is 4.74 Å². The smallest absolute Gasteiger partial charge is 0.261 e. The molecule has 1 aromatic heterocycles. The zero-order valence-electron chi connectivity index (χ0n) is 14.1. The van der Waals surface area contributed by atoms with Crippen LogP contribution in [0.25, 0.3) is 10.9 Å². The van der Waals surface area contributed by atoms with E-state index in [0.29, 0.717) is 10.9 Å². The Morgan fingerprint density at radius 2 is 2.04 bits per heavy atom. The number of methoxy groups -OCH3 is 1. The standard InChI is InChI=1S/C19H19N3O3/c1-13(14-6-5-7-15(10-14)25-2)21-18(23)11-22-12-20-17-9-4-3-8-16(17)19(22)24/h3-10,12-13H,11H2,1-2H3,(H,21,23). The number of amides is 1. The number of fused-ring (bicyclic) bond motifs is 1. The summed E-state index contributed by atoms with van der Waals surface area (Å²) in [5.74, 6) is 0.475. The highest BCUT2D eigenvalue weighted by Crippen LogP contribution is 2.18. The van der Waals surface area contributed by atoms with Crippen molar-refractivity contribution in [2.45, 2.75) is 19.5 Å². The van der Waals surface area contributed by atoms with Crippen LogP contribution < -0.4 is 15.6 Å². The number of para-hydroxylation sites is 1. The number of carbonyl (C=O) groups excluding carboxylic acids is 1. The molecule has 0 saturated heterocycles. The third-order valence-corrected chi connectivity index (χ3v) is 4.02. The van der Waals surface area contributed by atoms with E-state index in [1.165, 1.54) is 10.9 Å². The van der Waals surface area contributed by atoms with E-state index < -0.39 is 0 Å². The molecule has 0 spiro atoms. The van der Waals surface area contributed by atoms with Gasteiger partial charge in [0.05, 0.1) is 30.4 Å². The molecule has 1 heterocycles. The van der Waals surface area contributed by atoms with Crippen LogP contribution >= 0.6 is 0 Å². The molecule has 0 aliphatic heterocycles. The van der Waals surface area contributed by atoms with E-state index in [0.717, 1.165) is 11.3 Å². The molecule has 0 aliphatic rings. The third kappa shape index (κ3) is 3.68. The van der Waals surface area contributed by atoms with Crippen molar-refractivity contribution >= 4 is 16.8 Å². The molecule has 1 unspecified atom stereocenters. The first-order chi connectivity index (χ1) is 12.1. The summed E-state index contributed by atoms with van der Waals surface area (Å²) in [5, 5.41) is 3.39. The van der Waals surface area contributed by atoms with Crippen molar-refractivity contribution in [2.24, 2.45) is 0 Å². The normalized spacial score (nSPS) is 11.9. The lowest BCUT2D eigenvalue weighted by molar-refractivity contribution is -0.122. The summed E-state index contributed by atoms with van der Waals surface area (Å²) in [5.41, 5.74) is 1.32. The summed E-state index contributed by atoms with van der Waals surface area (Å²) in [6.07, 6.45) is 1.40. The highest BCUT2D eigenvalue weighted by molar-refractivity contribution is 5.79. The molecule has 3 aromatic rings. The molecule has 0 saturated carbocycles. The van der Waals surface area contributed by atoms with Gasteiger partial charge in [-0.3, -0.25) is 14.2 Å². The minimum absolute atomic E-state index is 0.0784. The second-order valence-corrected chi connectivity index (χ2v) is 5.76. The maximum Gasteiger partial charge on any atom is 0.261 e. The maximum atomic E-state index is 12.4. The molecule has 0 bridgehead atoms. The zero-order valence-corrected chi connectivity index (χ0v) is 14.1. The first-order valence-electron chi connectivity index (χ1n) is 7.96. The predicted octanol–water partition coefficient (Wildman–Crippen LogP) is 2.28. The third-order valence-electron chi connectivity index (χ3n) is 4.02. The molecule has 6 nitrogen and oxygen atoms in total. The lowest BCUT2D eigenvalue weighted by Gasteiger charge is -2.15. The Morgan fingerprint density at radius 1 is 1.24 bits per heavy atom. The van der Waals surface area contributed by atoms with Crippen molar-refractivity contribution in [3.05, 3.63) is 70.8 Å². The molecule has 0 fully saturated rings. The number of nitrogens with zero attached hydrogens (tertiary/aromatic N) is 2. The zero-order chi connectivity index (χ0) is 17.8. The molecule has 3 rings (SSSR count). The lowest BCUT2D eigenvalue weighted by atomic mass is 10.1. The number of hydrogen-bond donors (Lipinski definition) is 1. The topological polar surface area (TPSA) is 73.2 Å². The Hall–Kier alpha value is -3.15. The van der Waals surface area contributed by atoms with Crippen LogP contribution in [0.3, 0.4) is 0 Å². The van der Waals surface area contributed by atoms with Crippen LogP contribution in [0.1, 0.15) is 18.5 Å². The van der Waals surface area contributed by atoms with Gasteiger partial charge in [0, 0.05) is 0 Å². The van der Waals surface area contributed by atoms with Crippen LogP contribution in [-0.2, 0) is 11.3 Å². The molecule has 6 heteroatoms. The van der Waals surface area contributed by atoms with E-state index >= 15 is 0 Å². The van der Waals surface area contributed by atoms with Crippen LogP contribution in [0.15, 0.2) is 59.7 Å². The van der Waals surface area contributed by atoms with Gasteiger partial charge in [-0.1, -0.05) is 24.3 Å². The Bertz CT molecular complexity index is 965. The largest absolute Gasteiger partial charge is 0.497 e. The van der Waals surface area contributed by atoms with Crippen molar-refractivity contribution in [2.75, 3.05) is 7.11 Å². The average molecular weight is 337 g/mol. The van der Waals surface area contributed by atoms with Crippen molar-refractivity contribution in [3.8, 4) is 5.75 Å². The predicted molar refractivity (Wildman–Crippen MR) is 95.6 cm³/mol. The SMILES string of the molecule is COc1cccc(C(C)NC(=O)Cn2cnc3ccccc3c2=O)c1. The first-order valence-corrected chi connectivity index (χ1v) is 7.96. The van der Waals surface area contributed by atoms with Gasteiger partial charge in [0.2, 0.25) is 5.91 Å². The van der Waals surface area contributed by atoms with Crippen LogP contribution in [0.2, 0.25) is 0 Å². The molecular weight excluding hydrogens is 318 g/mol. The minimum atomic E-state index is -0.255. The van der Waals surface area contributed by atoms with E-state index in [1.807, 2.05) is 37.3 Å². The number of rotatable bonds is 5. The highest BCUT2D eigenvalue weighted by atomic mass is 16.5. The van der Waals surface area contributed by atoms with E-state index in [1.54, 1.807) is 25.3 Å². The van der Waals surface area contributed by atoms with Gasteiger partial charge >= 0.3 is 0 Å². The van der Waals surface area contributed by atoms with E-state index in [-0.39, 0.29) is 24.1 Å². The van der Waals surface area contributed by atoms with E-state index in [2.05, 4.69) is 10.3 Å². The summed E-state index contributed by atoms with van der Waals surface area (Å²) < 4.78 is 6.51. The van der Waals surface area contributed by atoms with Crippen LogP contribution in [-0.4, -0.2) is 22.6 Å². The fraction of sp³-hybridized carbons (Fsp3) is 0.211. The van der Waals surface area contributed by atoms with Gasteiger partial charge in [0.1, 0.15) is 12.3 Å². The summed E-state index contributed by atoms with van der Waals surface area (Å²) in [6, 6.07) is 14.4. The Balaban J connectivity index is 1.74. The van der Waals surface area contributed by atoms with Crippen molar-refractivity contribution in [1.29, 1.82) is 0 Å². The van der Waals surface area contributed by atoms with Crippen molar-refractivity contribution in [3.63, 3.8) is 0 Å². The molecule has 128 valence electrons. The van der Waals surface area contributed by atoms with Crippen molar-refractivity contribution in [1.82, 2.24) is 14.9 Å². The van der Waals surface area contributed by atoms with Gasteiger partial charge in [-0.25, -0.2) is 4.98 Å². The monoisotopic (exact) mass is 337 g/mol. The Labute approximate surface area is 145 Å². The number of hydrogen-bond acceptors (Lipinski definition) is 4. The maximum absolute atomic E-state index is 12.4. The number of aromatic nitrogens is 2. The quantitative estimate of drug-likeness (QED) is 0.775. The Kier molecular flexibility index (Phi) is 4.79. The molecular formula is C19H19N3O3. The fourth-order valence-electron chi connectivity index (χ4n) is 2.65. The number of ether oxygens (including phenoxy) is 1. The highest BCUT2D eigenvalue weighted by Gasteiger charge is 2.12. The summed E-state index contributed by atoms with van der Waals surface area (Å²) >= 11 is 0. The number of benzene rings is 2. The molecule has 1 amide bonds. The molecule has 2 aromatic carbocycles. The number of nitrogens with one attached hydrogen (secondary N) is 1. The summed E-state index contributed by atoms with van der Waals surface area (Å²) in [7, 11) is 1.60. The molecule has 1 atom stereocenters. The van der Waals surface area contributed by atoms with Gasteiger partial charge in [0.15, 0.2) is 0 Å². The van der Waals surface area contributed by atoms with Gasteiger partial charge in [0.25, 0.3) is 5.56 Å². The van der Waals surface area contributed by atoms with Crippen LogP contribution in [0.5, 0.6) is 5.75 Å². The molecule has 25 heavy (non-hydrogen) atoms. The molecule has 1 N–H and O–H groups in total. The van der Waals surface area contributed by atoms with Gasteiger partial charge in [-0.15, -0.1) is 0 Å².